The molecule has 1 heterocycles. The van der Waals surface area contributed by atoms with Crippen molar-refractivity contribution in [1.82, 2.24) is 0 Å². The van der Waals surface area contributed by atoms with Crippen LogP contribution < -0.4 is 9.80 Å². The topological polar surface area (TPSA) is 28.1 Å². The van der Waals surface area contributed by atoms with Crippen LogP contribution in [0.2, 0.25) is 0 Å². The van der Waals surface area contributed by atoms with E-state index in [0.29, 0.717) is 5.90 Å². The van der Waals surface area contributed by atoms with E-state index in [1.54, 1.807) is 0 Å². The Labute approximate surface area is 167 Å². The summed E-state index contributed by atoms with van der Waals surface area (Å²) in [5.41, 5.74) is 4.58. The first-order valence-corrected chi connectivity index (χ1v) is 10.6. The molecule has 1 aliphatic heterocycles. The number of anilines is 2. The molecule has 3 rings (SSSR count). The summed E-state index contributed by atoms with van der Waals surface area (Å²) in [7, 11) is 0. The lowest BCUT2D eigenvalue weighted by Crippen LogP contribution is -2.21. The van der Waals surface area contributed by atoms with Crippen LogP contribution in [0.1, 0.15) is 44.3 Å². The van der Waals surface area contributed by atoms with Gasteiger partial charge in [-0.1, -0.05) is 12.1 Å². The van der Waals surface area contributed by atoms with E-state index in [4.69, 9.17) is 4.74 Å². The van der Waals surface area contributed by atoms with E-state index in [1.165, 1.54) is 23.3 Å². The van der Waals surface area contributed by atoms with Gasteiger partial charge in [-0.3, -0.25) is 0 Å². The molecular weight excluding hydrogens is 354 g/mol. The molecule has 2 aromatic rings. The van der Waals surface area contributed by atoms with E-state index in [0.717, 1.165) is 37.3 Å². The van der Waals surface area contributed by atoms with Crippen molar-refractivity contribution in [3.05, 3.63) is 59.7 Å². The van der Waals surface area contributed by atoms with Crippen molar-refractivity contribution in [2.45, 2.75) is 33.1 Å². The molecule has 0 spiro atoms. The minimum absolute atomic E-state index is 0.0757. The summed E-state index contributed by atoms with van der Waals surface area (Å²) in [5, 5.41) is 0. The molecule has 0 saturated carbocycles. The van der Waals surface area contributed by atoms with Crippen LogP contribution in [0.25, 0.3) is 0 Å². The summed E-state index contributed by atoms with van der Waals surface area (Å²) >= 11 is 1.49. The molecule has 27 heavy (non-hydrogen) atoms. The lowest BCUT2D eigenvalue weighted by Gasteiger charge is -2.21. The Morgan fingerprint density at radius 1 is 0.778 bits per heavy atom. The zero-order valence-electron chi connectivity index (χ0n) is 16.7. The second-order valence-corrected chi connectivity index (χ2v) is 7.26. The maximum absolute atomic E-state index is 6.13. The van der Waals surface area contributed by atoms with Crippen molar-refractivity contribution < 1.29 is 4.74 Å². The van der Waals surface area contributed by atoms with Crippen LogP contribution >= 0.6 is 11.9 Å². The minimum Gasteiger partial charge on any atom is -0.456 e. The van der Waals surface area contributed by atoms with Gasteiger partial charge in [-0.2, -0.15) is 4.40 Å². The second kappa shape index (κ2) is 9.18. The van der Waals surface area contributed by atoms with E-state index >= 15 is 0 Å². The van der Waals surface area contributed by atoms with Gasteiger partial charge < -0.3 is 14.5 Å². The molecule has 2 aromatic carbocycles. The van der Waals surface area contributed by atoms with Crippen LogP contribution in [0.5, 0.6) is 0 Å². The van der Waals surface area contributed by atoms with Gasteiger partial charge >= 0.3 is 0 Å². The highest BCUT2D eigenvalue weighted by molar-refractivity contribution is 7.98. The van der Waals surface area contributed by atoms with Crippen LogP contribution in [0, 0.1) is 0 Å². The van der Waals surface area contributed by atoms with Crippen LogP contribution in [0.4, 0.5) is 11.4 Å². The smallest absolute Gasteiger partial charge is 0.229 e. The Hall–Kier alpha value is -2.14. The zero-order chi connectivity index (χ0) is 19.2. The number of rotatable bonds is 8. The maximum atomic E-state index is 6.13. The predicted octanol–water partition coefficient (Wildman–Crippen LogP) is 5.50. The first kappa shape index (κ1) is 19.6. The molecule has 1 atom stereocenters. The third-order valence-electron chi connectivity index (χ3n) is 4.99. The van der Waals surface area contributed by atoms with Gasteiger partial charge in [0.1, 0.15) is 0 Å². The molecule has 0 radical (unpaired) electrons. The lowest BCUT2D eigenvalue weighted by molar-refractivity contribution is 0.293. The first-order valence-electron chi connectivity index (χ1n) is 9.80. The van der Waals surface area contributed by atoms with Crippen molar-refractivity contribution in [3.63, 3.8) is 0 Å². The zero-order valence-corrected chi connectivity index (χ0v) is 17.5. The molecule has 4 nitrogen and oxygen atoms in total. The molecule has 1 unspecified atom stereocenters. The van der Waals surface area contributed by atoms with E-state index in [1.807, 2.05) is 0 Å². The van der Waals surface area contributed by atoms with Crippen LogP contribution in [-0.2, 0) is 4.74 Å². The van der Waals surface area contributed by atoms with Crippen molar-refractivity contribution in [2.24, 2.45) is 4.40 Å². The van der Waals surface area contributed by atoms with Crippen LogP contribution in [0.3, 0.4) is 0 Å². The first-order chi connectivity index (χ1) is 13.2. The molecular formula is C22H29N3OS. The molecule has 0 bridgehead atoms. The summed E-state index contributed by atoms with van der Waals surface area (Å²) in [6.07, 6.45) is 0. The molecule has 0 N–H and O–H groups in total. The Morgan fingerprint density at radius 2 is 1.26 bits per heavy atom. The fourth-order valence-corrected chi connectivity index (χ4v) is 4.08. The van der Waals surface area contributed by atoms with Gasteiger partial charge in [0.15, 0.2) is 5.44 Å². The Bertz CT molecular complexity index is 750. The molecule has 144 valence electrons. The van der Waals surface area contributed by atoms with E-state index in [9.17, 15) is 0 Å². The summed E-state index contributed by atoms with van der Waals surface area (Å²) < 4.78 is 10.7. The minimum atomic E-state index is -0.0757. The second-order valence-electron chi connectivity index (χ2n) is 6.43. The van der Waals surface area contributed by atoms with E-state index in [2.05, 4.69) is 90.4 Å². The van der Waals surface area contributed by atoms with Gasteiger partial charge in [-0.05, 0) is 64.1 Å². The third-order valence-corrected chi connectivity index (χ3v) is 5.82. The van der Waals surface area contributed by atoms with Crippen LogP contribution in [0.15, 0.2) is 52.9 Å². The normalized spacial score (nSPS) is 16.0. The average Bonchev–Trinajstić information content (AvgIpc) is 3.21. The Morgan fingerprint density at radius 3 is 1.74 bits per heavy atom. The average molecular weight is 384 g/mol. The quantitative estimate of drug-likeness (QED) is 0.563. The third kappa shape index (κ3) is 4.41. The Kier molecular flexibility index (Phi) is 6.67. The summed E-state index contributed by atoms with van der Waals surface area (Å²) in [4.78, 5) is 4.67. The molecule has 0 aromatic heterocycles. The largest absolute Gasteiger partial charge is 0.456 e. The maximum Gasteiger partial charge on any atom is 0.229 e. The number of hydrogen-bond donors (Lipinski definition) is 0. The summed E-state index contributed by atoms with van der Waals surface area (Å²) in [5.74, 6) is 0.712. The number of hydrogen-bond acceptors (Lipinski definition) is 5. The van der Waals surface area contributed by atoms with Gasteiger partial charge in [0.2, 0.25) is 5.90 Å². The van der Waals surface area contributed by atoms with Gasteiger partial charge in [0, 0.05) is 60.6 Å². The van der Waals surface area contributed by atoms with Gasteiger partial charge in [-0.25, -0.2) is 0 Å². The highest BCUT2D eigenvalue weighted by Crippen LogP contribution is 2.38. The fraction of sp³-hybridized carbons (Fsp3) is 0.409. The highest BCUT2D eigenvalue weighted by Gasteiger charge is 2.24. The van der Waals surface area contributed by atoms with Gasteiger partial charge in [0.05, 0.1) is 0 Å². The highest BCUT2D eigenvalue weighted by atomic mass is 32.2. The molecule has 0 aliphatic carbocycles. The van der Waals surface area contributed by atoms with Crippen molar-refractivity contribution in [3.8, 4) is 0 Å². The Balaban J connectivity index is 1.66. The standard InChI is InChI=1S/C22H29N3OS/c1-5-24(6-2)19-13-9-17(10-14-19)21-23-27-22(26-21)18-11-15-20(16-12-18)25(7-3)8-4/h9-16,22H,5-8H2,1-4H3. The van der Waals surface area contributed by atoms with Gasteiger partial charge in [-0.15, -0.1) is 0 Å². The molecule has 0 amide bonds. The van der Waals surface area contributed by atoms with Crippen molar-refractivity contribution in [2.75, 3.05) is 36.0 Å². The SMILES string of the molecule is CCN(CC)c1ccc(C2=NSC(c3ccc(N(CC)CC)cc3)O2)cc1. The van der Waals surface area contributed by atoms with Gasteiger partial charge in [0.25, 0.3) is 0 Å². The van der Waals surface area contributed by atoms with Crippen molar-refractivity contribution in [1.29, 1.82) is 0 Å². The van der Waals surface area contributed by atoms with Crippen molar-refractivity contribution >= 4 is 29.2 Å². The van der Waals surface area contributed by atoms with Crippen LogP contribution in [-0.4, -0.2) is 32.1 Å². The molecule has 0 fully saturated rings. The molecule has 0 saturated heterocycles. The number of ether oxygens (including phenoxy) is 1. The molecule has 5 heteroatoms. The summed E-state index contributed by atoms with van der Waals surface area (Å²) in [6, 6.07) is 17.1. The monoisotopic (exact) mass is 383 g/mol. The fourth-order valence-electron chi connectivity index (χ4n) is 3.32. The van der Waals surface area contributed by atoms with E-state index in [-0.39, 0.29) is 5.44 Å². The lowest BCUT2D eigenvalue weighted by atomic mass is 10.2. The number of nitrogens with zero attached hydrogens (tertiary/aromatic N) is 3. The number of benzene rings is 2. The molecule has 1 aliphatic rings. The summed E-state index contributed by atoms with van der Waals surface area (Å²) in [6.45, 7) is 12.8. The van der Waals surface area contributed by atoms with E-state index < -0.39 is 0 Å². The predicted molar refractivity (Wildman–Crippen MR) is 118 cm³/mol.